The molecule has 0 aromatic rings. The van der Waals surface area contributed by atoms with E-state index >= 15 is 0 Å². The minimum atomic E-state index is -2.44. The van der Waals surface area contributed by atoms with Crippen molar-refractivity contribution in [3.05, 3.63) is 0 Å². The largest absolute Gasteiger partial charge is 0.512 e. The molecular formula is C11H15O10. The minimum Gasteiger partial charge on any atom is -0.438 e. The highest BCUT2D eigenvalue weighted by molar-refractivity contribution is 5.81. The summed E-state index contributed by atoms with van der Waals surface area (Å²) < 4.78 is 26.5. The Morgan fingerprint density at radius 2 is 1.81 bits per heavy atom. The number of ether oxygens (including phenoxy) is 6. The molecule has 0 aliphatic rings. The Balaban J connectivity index is 4.77. The Labute approximate surface area is 120 Å². The molecule has 0 spiro atoms. The molecule has 0 N–H and O–H groups in total. The average Bonchev–Trinajstić information content (AvgIpc) is 2.38. The van der Waals surface area contributed by atoms with Crippen LogP contribution in [0, 0.1) is 0 Å². The zero-order valence-corrected chi connectivity index (χ0v) is 11.9. The summed E-state index contributed by atoms with van der Waals surface area (Å²) in [4.78, 5) is 44.1. The molecule has 0 saturated heterocycles. The van der Waals surface area contributed by atoms with Crippen LogP contribution in [0.2, 0.25) is 0 Å². The summed E-state index contributed by atoms with van der Waals surface area (Å²) in [6.45, 7) is 4.51. The van der Waals surface area contributed by atoms with Gasteiger partial charge in [0.05, 0.1) is 13.7 Å². The highest BCUT2D eigenvalue weighted by atomic mass is 16.8. The SMILES string of the molecule is CCOC(=O)OC(C)(O[C]=O)C(=O)OC(C)OC(=O)OC. The first-order valence-corrected chi connectivity index (χ1v) is 5.65. The molecule has 119 valence electrons. The van der Waals surface area contributed by atoms with E-state index in [9.17, 15) is 19.2 Å². The third-order valence-corrected chi connectivity index (χ3v) is 1.85. The van der Waals surface area contributed by atoms with Crippen LogP contribution in [-0.2, 0) is 38.0 Å². The molecule has 10 heteroatoms. The predicted molar refractivity (Wildman–Crippen MR) is 62.3 cm³/mol. The second-order valence-corrected chi connectivity index (χ2v) is 3.46. The van der Waals surface area contributed by atoms with Crippen molar-refractivity contribution in [3.63, 3.8) is 0 Å². The fourth-order valence-electron chi connectivity index (χ4n) is 0.955. The summed E-state index contributed by atoms with van der Waals surface area (Å²) in [6.07, 6.45) is -3.76. The lowest BCUT2D eigenvalue weighted by Gasteiger charge is -2.25. The Morgan fingerprint density at radius 3 is 2.29 bits per heavy atom. The number of methoxy groups -OCH3 is 1. The summed E-state index contributed by atoms with van der Waals surface area (Å²) in [7, 11) is 1.05. The fourth-order valence-corrected chi connectivity index (χ4v) is 0.955. The summed E-state index contributed by atoms with van der Waals surface area (Å²) >= 11 is 0. The Morgan fingerprint density at radius 1 is 1.19 bits per heavy atom. The van der Waals surface area contributed by atoms with Gasteiger partial charge in [0.1, 0.15) is 0 Å². The van der Waals surface area contributed by atoms with Crippen LogP contribution in [0.4, 0.5) is 9.59 Å². The van der Waals surface area contributed by atoms with Crippen LogP contribution in [0.1, 0.15) is 20.8 Å². The number of esters is 1. The molecule has 2 atom stereocenters. The van der Waals surface area contributed by atoms with E-state index < -0.39 is 30.4 Å². The van der Waals surface area contributed by atoms with Crippen LogP contribution in [0.5, 0.6) is 0 Å². The number of hydrogen-bond donors (Lipinski definition) is 0. The first-order chi connectivity index (χ1) is 9.78. The van der Waals surface area contributed by atoms with Crippen molar-refractivity contribution in [2.24, 2.45) is 0 Å². The zero-order valence-electron chi connectivity index (χ0n) is 11.9. The monoisotopic (exact) mass is 307 g/mol. The molecule has 1 radical (unpaired) electrons. The molecule has 0 aliphatic carbocycles. The summed E-state index contributed by atoms with van der Waals surface area (Å²) in [5.74, 6) is -3.77. The van der Waals surface area contributed by atoms with E-state index in [-0.39, 0.29) is 6.61 Å². The van der Waals surface area contributed by atoms with Gasteiger partial charge in [0.2, 0.25) is 6.29 Å². The number of rotatable bonds is 7. The second-order valence-electron chi connectivity index (χ2n) is 3.46. The van der Waals surface area contributed by atoms with Gasteiger partial charge in [-0.05, 0) is 6.92 Å². The third-order valence-electron chi connectivity index (χ3n) is 1.85. The molecule has 0 saturated carbocycles. The van der Waals surface area contributed by atoms with Gasteiger partial charge in [-0.1, -0.05) is 0 Å². The van der Waals surface area contributed by atoms with Gasteiger partial charge in [0.25, 0.3) is 0 Å². The second kappa shape index (κ2) is 8.61. The number of hydrogen-bond acceptors (Lipinski definition) is 10. The van der Waals surface area contributed by atoms with Crippen molar-refractivity contribution in [1.82, 2.24) is 0 Å². The maximum absolute atomic E-state index is 11.8. The zero-order chi connectivity index (χ0) is 16.5. The van der Waals surface area contributed by atoms with Gasteiger partial charge in [-0.2, -0.15) is 0 Å². The molecule has 0 aromatic carbocycles. The number of carbonyl (C=O) groups excluding carboxylic acids is 4. The van der Waals surface area contributed by atoms with E-state index in [0.29, 0.717) is 0 Å². The standard InChI is InChI=1S/C11H15O10/c1-5-17-10(15)21-11(3,18-6-12)8(13)19-7(2)20-9(14)16-4/h7H,5H2,1-4H3. The minimum absolute atomic E-state index is 0.0311. The van der Waals surface area contributed by atoms with E-state index in [1.165, 1.54) is 13.8 Å². The molecule has 21 heavy (non-hydrogen) atoms. The van der Waals surface area contributed by atoms with Crippen molar-refractivity contribution in [1.29, 1.82) is 0 Å². The van der Waals surface area contributed by atoms with Gasteiger partial charge in [0, 0.05) is 13.8 Å². The normalized spacial score (nSPS) is 13.9. The van der Waals surface area contributed by atoms with E-state index in [2.05, 4.69) is 28.4 Å². The van der Waals surface area contributed by atoms with Gasteiger partial charge in [-0.3, -0.25) is 0 Å². The predicted octanol–water partition coefficient (Wildman–Crippen LogP) is 0.632. The van der Waals surface area contributed by atoms with Gasteiger partial charge in [0.15, 0.2) is 0 Å². The summed E-state index contributed by atoms with van der Waals surface area (Å²) in [5.41, 5.74) is 0. The lowest BCUT2D eigenvalue weighted by atomic mass is 10.3. The number of carbonyl (C=O) groups is 3. The topological polar surface area (TPSA) is 124 Å². The molecule has 0 aliphatic heterocycles. The highest BCUT2D eigenvalue weighted by Crippen LogP contribution is 2.16. The van der Waals surface area contributed by atoms with Crippen LogP contribution < -0.4 is 0 Å². The van der Waals surface area contributed by atoms with Crippen LogP contribution in [0.25, 0.3) is 0 Å². The van der Waals surface area contributed by atoms with Crippen molar-refractivity contribution in [3.8, 4) is 0 Å². The van der Waals surface area contributed by atoms with Crippen LogP contribution in [-0.4, -0.2) is 50.5 Å². The van der Waals surface area contributed by atoms with Gasteiger partial charge in [-0.15, -0.1) is 0 Å². The molecule has 10 nitrogen and oxygen atoms in total. The van der Waals surface area contributed by atoms with Gasteiger partial charge < -0.3 is 28.4 Å². The van der Waals surface area contributed by atoms with E-state index in [1.807, 2.05) is 0 Å². The van der Waals surface area contributed by atoms with E-state index in [0.717, 1.165) is 20.5 Å². The molecule has 0 amide bonds. The van der Waals surface area contributed by atoms with E-state index in [1.54, 1.807) is 0 Å². The van der Waals surface area contributed by atoms with Crippen LogP contribution >= 0.6 is 0 Å². The fraction of sp³-hybridized carbons (Fsp3) is 0.636. The van der Waals surface area contributed by atoms with Gasteiger partial charge >= 0.3 is 30.5 Å². The molecule has 0 fully saturated rings. The maximum atomic E-state index is 11.8. The lowest BCUT2D eigenvalue weighted by Crippen LogP contribution is -2.45. The first-order valence-electron chi connectivity index (χ1n) is 5.65. The molecular weight excluding hydrogens is 292 g/mol. The van der Waals surface area contributed by atoms with Crippen molar-refractivity contribution < 1.29 is 47.6 Å². The Hall–Kier alpha value is -2.52. The molecule has 0 bridgehead atoms. The summed E-state index contributed by atoms with van der Waals surface area (Å²) in [6, 6.07) is 0. The summed E-state index contributed by atoms with van der Waals surface area (Å²) in [5, 5.41) is 0. The molecule has 0 heterocycles. The highest BCUT2D eigenvalue weighted by Gasteiger charge is 2.44. The van der Waals surface area contributed by atoms with Crippen molar-refractivity contribution in [2.75, 3.05) is 13.7 Å². The molecule has 2 unspecified atom stereocenters. The third kappa shape index (κ3) is 6.45. The Kier molecular flexibility index (Phi) is 7.58. The molecule has 0 aromatic heterocycles. The van der Waals surface area contributed by atoms with Crippen molar-refractivity contribution in [2.45, 2.75) is 32.8 Å². The average molecular weight is 307 g/mol. The van der Waals surface area contributed by atoms with Crippen LogP contribution in [0.15, 0.2) is 0 Å². The van der Waals surface area contributed by atoms with E-state index in [4.69, 9.17) is 0 Å². The van der Waals surface area contributed by atoms with Gasteiger partial charge in [-0.25, -0.2) is 19.2 Å². The Bertz CT molecular complexity index is 392. The lowest BCUT2D eigenvalue weighted by molar-refractivity contribution is -0.220. The molecule has 0 rings (SSSR count). The maximum Gasteiger partial charge on any atom is 0.512 e. The quantitative estimate of drug-likeness (QED) is 0.375. The smallest absolute Gasteiger partial charge is 0.438 e. The first kappa shape index (κ1) is 18.5. The van der Waals surface area contributed by atoms with Crippen LogP contribution in [0.3, 0.4) is 0 Å². The van der Waals surface area contributed by atoms with Crippen molar-refractivity contribution >= 4 is 24.8 Å².